The maximum Gasteiger partial charge on any atom is 0.0387 e. The predicted octanol–water partition coefficient (Wildman–Crippen LogP) is 7.87. The van der Waals surface area contributed by atoms with Gasteiger partial charge in [-0.15, -0.1) is 0 Å². The Bertz CT molecular complexity index is 1300. The number of benzene rings is 4. The van der Waals surface area contributed by atoms with E-state index in [0.29, 0.717) is 11.8 Å². The van der Waals surface area contributed by atoms with Crippen molar-refractivity contribution in [3.8, 4) is 0 Å². The number of hydrogen-bond acceptors (Lipinski definition) is 1. The van der Waals surface area contributed by atoms with Crippen molar-refractivity contribution in [2.24, 2.45) is 0 Å². The van der Waals surface area contributed by atoms with Crippen molar-refractivity contribution < 1.29 is 0 Å². The maximum atomic E-state index is 3.59. The molecule has 164 valence electrons. The molecule has 2 aliphatic carbocycles. The zero-order valence-corrected chi connectivity index (χ0v) is 19.6. The zero-order valence-electron chi connectivity index (χ0n) is 19.6. The molecule has 2 atom stereocenters. The van der Waals surface area contributed by atoms with Crippen LogP contribution in [0.2, 0.25) is 0 Å². The summed E-state index contributed by atoms with van der Waals surface area (Å²) in [6.45, 7) is 4.54. The smallest absolute Gasteiger partial charge is 0.0387 e. The molecule has 0 aromatic heterocycles. The Kier molecular flexibility index (Phi) is 5.06. The first-order valence-corrected chi connectivity index (χ1v) is 12.3. The molecular weight excluding hydrogens is 398 g/mol. The summed E-state index contributed by atoms with van der Waals surface area (Å²) < 4.78 is 0. The van der Waals surface area contributed by atoms with Gasteiger partial charge in [-0.2, -0.15) is 0 Å². The minimum Gasteiger partial charge on any atom is -0.356 e. The van der Waals surface area contributed by atoms with Gasteiger partial charge in [-0.05, 0) is 102 Å². The third-order valence-electron chi connectivity index (χ3n) is 7.78. The van der Waals surface area contributed by atoms with E-state index in [1.165, 1.54) is 75.9 Å². The van der Waals surface area contributed by atoms with E-state index in [-0.39, 0.29) is 0 Å². The van der Waals surface area contributed by atoms with Crippen LogP contribution in [0.3, 0.4) is 0 Å². The summed E-state index contributed by atoms with van der Waals surface area (Å²) in [5, 5.41) is 3.59. The fraction of sp³-hybridized carbons (Fsp3) is 0.250. The highest BCUT2D eigenvalue weighted by molar-refractivity contribution is 5.62. The number of aryl methyl sites for hydroxylation is 5. The van der Waals surface area contributed by atoms with Crippen molar-refractivity contribution in [1.82, 2.24) is 0 Å². The highest BCUT2D eigenvalue weighted by Crippen LogP contribution is 2.40. The molecule has 0 bridgehead atoms. The van der Waals surface area contributed by atoms with Crippen molar-refractivity contribution in [3.63, 3.8) is 0 Å². The Morgan fingerprint density at radius 2 is 1.09 bits per heavy atom. The van der Waals surface area contributed by atoms with Crippen LogP contribution in [0.5, 0.6) is 0 Å². The van der Waals surface area contributed by atoms with Crippen molar-refractivity contribution >= 4 is 11.4 Å². The lowest BCUT2D eigenvalue weighted by Crippen LogP contribution is -2.14. The molecule has 6 rings (SSSR count). The molecule has 33 heavy (non-hydrogen) atoms. The second-order valence-electron chi connectivity index (χ2n) is 9.94. The summed E-state index contributed by atoms with van der Waals surface area (Å²) in [5.41, 5.74) is 13.9. The molecule has 0 fully saturated rings. The number of hydrogen-bond donors (Lipinski definition) is 1. The molecule has 0 radical (unpaired) electrons. The van der Waals surface area contributed by atoms with Crippen LogP contribution in [0.25, 0.3) is 0 Å². The number of anilines is 2. The Balaban J connectivity index is 1.28. The van der Waals surface area contributed by atoms with E-state index in [9.17, 15) is 0 Å². The number of rotatable bonds is 6. The Hall–Kier alpha value is -3.32. The molecule has 4 aromatic rings. The van der Waals surface area contributed by atoms with Crippen LogP contribution in [0, 0.1) is 6.92 Å². The summed E-state index contributed by atoms with van der Waals surface area (Å²) in [4.78, 5) is 0. The van der Waals surface area contributed by atoms with E-state index in [1.54, 1.807) is 0 Å². The van der Waals surface area contributed by atoms with Gasteiger partial charge in [0.25, 0.3) is 0 Å². The zero-order chi connectivity index (χ0) is 22.4. The average Bonchev–Trinajstić information content (AvgIpc) is 2.79. The van der Waals surface area contributed by atoms with Crippen molar-refractivity contribution in [3.05, 3.63) is 129 Å². The fourth-order valence-corrected chi connectivity index (χ4v) is 5.45. The summed E-state index contributed by atoms with van der Waals surface area (Å²) >= 11 is 0. The molecule has 1 N–H and O–H groups in total. The molecule has 1 heteroatoms. The lowest BCUT2D eigenvalue weighted by Gasteiger charge is -2.28. The average molecular weight is 430 g/mol. The van der Waals surface area contributed by atoms with Gasteiger partial charge in [0, 0.05) is 17.3 Å². The van der Waals surface area contributed by atoms with Gasteiger partial charge in [0.05, 0.1) is 0 Å². The Morgan fingerprint density at radius 3 is 1.70 bits per heavy atom. The van der Waals surface area contributed by atoms with Gasteiger partial charge in [-0.25, -0.2) is 0 Å². The second-order valence-corrected chi connectivity index (χ2v) is 9.94. The highest BCUT2D eigenvalue weighted by atomic mass is 14.9. The van der Waals surface area contributed by atoms with Crippen LogP contribution < -0.4 is 5.32 Å². The van der Waals surface area contributed by atoms with E-state index < -0.39 is 0 Å². The summed E-state index contributed by atoms with van der Waals surface area (Å²) in [7, 11) is 0. The van der Waals surface area contributed by atoms with Crippen molar-refractivity contribution in [2.45, 2.75) is 51.4 Å². The lowest BCUT2D eigenvalue weighted by molar-refractivity contribution is 0.654. The van der Waals surface area contributed by atoms with E-state index in [4.69, 9.17) is 0 Å². The van der Waals surface area contributed by atoms with Gasteiger partial charge in [0.2, 0.25) is 0 Å². The third-order valence-corrected chi connectivity index (χ3v) is 7.78. The minimum absolute atomic E-state index is 0.350. The largest absolute Gasteiger partial charge is 0.356 e. The second kappa shape index (κ2) is 8.23. The van der Waals surface area contributed by atoms with Crippen LogP contribution in [-0.2, 0) is 25.7 Å². The summed E-state index contributed by atoms with van der Waals surface area (Å²) in [6.07, 6.45) is 4.90. The van der Waals surface area contributed by atoms with Crippen LogP contribution in [0.4, 0.5) is 11.4 Å². The molecular formula is C32H31N. The maximum absolute atomic E-state index is 3.59. The molecule has 0 aliphatic heterocycles. The molecule has 0 saturated heterocycles. The first-order chi connectivity index (χ1) is 16.1. The summed E-state index contributed by atoms with van der Waals surface area (Å²) in [6, 6.07) is 32.1. The number of nitrogens with one attached hydrogen (secondary N) is 1. The first kappa shape index (κ1) is 20.3. The SMILES string of the molecule is Cc1ccc(C(c2ccc3c(c2)CC3)C(C)c2ccc(Nc3ccc4c(c3)CC4)cc2)cc1. The van der Waals surface area contributed by atoms with Crippen LogP contribution in [0.15, 0.2) is 84.9 Å². The minimum atomic E-state index is 0.350. The molecule has 2 unspecified atom stereocenters. The molecule has 0 amide bonds. The van der Waals surface area contributed by atoms with Crippen LogP contribution in [0.1, 0.15) is 63.3 Å². The topological polar surface area (TPSA) is 12.0 Å². The van der Waals surface area contributed by atoms with Gasteiger partial charge in [0.1, 0.15) is 0 Å². The van der Waals surface area contributed by atoms with Crippen molar-refractivity contribution in [2.75, 3.05) is 5.32 Å². The third kappa shape index (κ3) is 3.86. The summed E-state index contributed by atoms with van der Waals surface area (Å²) in [5.74, 6) is 0.736. The van der Waals surface area contributed by atoms with Gasteiger partial charge >= 0.3 is 0 Å². The highest BCUT2D eigenvalue weighted by Gasteiger charge is 2.25. The normalized spacial score (nSPS) is 15.5. The van der Waals surface area contributed by atoms with E-state index in [0.717, 1.165) is 5.69 Å². The van der Waals surface area contributed by atoms with Crippen LogP contribution in [-0.4, -0.2) is 0 Å². The number of fused-ring (bicyclic) bond motifs is 2. The Labute approximate surface area is 197 Å². The first-order valence-electron chi connectivity index (χ1n) is 12.3. The van der Waals surface area contributed by atoms with Gasteiger partial charge in [0.15, 0.2) is 0 Å². The molecule has 0 saturated carbocycles. The standard InChI is InChI=1S/C32H31N/c1-21-3-5-26(6-4-21)32(29-12-9-24-7-10-27(24)19-29)22(2)23-13-16-30(17-14-23)33-31-18-15-25-8-11-28(25)20-31/h3-6,9,12-20,22,32-33H,7-8,10-11H2,1-2H3. The molecule has 4 aromatic carbocycles. The fourth-order valence-electron chi connectivity index (χ4n) is 5.45. The van der Waals surface area contributed by atoms with Gasteiger partial charge in [-0.3, -0.25) is 0 Å². The molecule has 2 aliphatic rings. The van der Waals surface area contributed by atoms with E-state index in [1.807, 2.05) is 0 Å². The molecule has 0 spiro atoms. The molecule has 1 nitrogen and oxygen atoms in total. The monoisotopic (exact) mass is 429 g/mol. The predicted molar refractivity (Wildman–Crippen MR) is 139 cm³/mol. The Morgan fingerprint density at radius 1 is 0.545 bits per heavy atom. The van der Waals surface area contributed by atoms with Gasteiger partial charge < -0.3 is 5.32 Å². The van der Waals surface area contributed by atoms with Crippen molar-refractivity contribution in [1.29, 1.82) is 0 Å². The van der Waals surface area contributed by atoms with E-state index in [2.05, 4.69) is 104 Å². The van der Waals surface area contributed by atoms with Crippen LogP contribution >= 0.6 is 0 Å². The van der Waals surface area contributed by atoms with Gasteiger partial charge in [-0.1, -0.05) is 73.2 Å². The quantitative estimate of drug-likeness (QED) is 0.329. The molecule has 0 heterocycles. The van der Waals surface area contributed by atoms with E-state index >= 15 is 0 Å². The lowest BCUT2D eigenvalue weighted by atomic mass is 9.76.